The Labute approximate surface area is 113 Å². The Balaban J connectivity index is 3.17. The van der Waals surface area contributed by atoms with E-state index in [0.717, 1.165) is 12.1 Å². The van der Waals surface area contributed by atoms with Gasteiger partial charge in [-0.15, -0.1) is 0 Å². The van der Waals surface area contributed by atoms with Crippen LogP contribution in [-0.4, -0.2) is 22.7 Å². The highest BCUT2D eigenvalue weighted by atomic mass is 19.4. The number of nitro groups is 1. The summed E-state index contributed by atoms with van der Waals surface area (Å²) >= 11 is 0. The molecule has 5 nitrogen and oxygen atoms in total. The van der Waals surface area contributed by atoms with Crippen molar-refractivity contribution in [3.8, 4) is 0 Å². The first-order valence-corrected chi connectivity index (χ1v) is 5.89. The lowest BCUT2D eigenvalue weighted by Gasteiger charge is -2.21. The first-order chi connectivity index (χ1) is 9.16. The molecule has 0 fully saturated rings. The molecule has 0 aliphatic carbocycles. The maximum atomic E-state index is 12.5. The molecule has 0 spiro atoms. The first kappa shape index (κ1) is 16.2. The number of benzene rings is 1. The number of halogens is 3. The van der Waals surface area contributed by atoms with Gasteiger partial charge in [0.1, 0.15) is 5.69 Å². The molecule has 0 aliphatic heterocycles. The molecule has 0 bridgehead atoms. The van der Waals surface area contributed by atoms with Crippen molar-refractivity contribution >= 4 is 11.4 Å². The average Bonchev–Trinajstić information content (AvgIpc) is 2.34. The average molecular weight is 292 g/mol. The van der Waals surface area contributed by atoms with Gasteiger partial charge in [-0.05, 0) is 18.1 Å². The summed E-state index contributed by atoms with van der Waals surface area (Å²) < 4.78 is 37.6. The zero-order valence-electron chi connectivity index (χ0n) is 10.9. The summed E-state index contributed by atoms with van der Waals surface area (Å²) in [7, 11) is 0. The highest BCUT2D eigenvalue weighted by molar-refractivity contribution is 5.63. The third-order valence-corrected chi connectivity index (χ3v) is 2.86. The van der Waals surface area contributed by atoms with Crippen molar-refractivity contribution < 1.29 is 23.2 Å². The van der Waals surface area contributed by atoms with Crippen molar-refractivity contribution in [1.29, 1.82) is 0 Å². The van der Waals surface area contributed by atoms with Crippen LogP contribution in [0, 0.1) is 16.0 Å². The van der Waals surface area contributed by atoms with Crippen molar-refractivity contribution in [2.45, 2.75) is 26.1 Å². The Hall–Kier alpha value is -1.83. The predicted octanol–water partition coefficient (Wildman–Crippen LogP) is 3.04. The van der Waals surface area contributed by atoms with E-state index in [0.29, 0.717) is 6.07 Å². The summed E-state index contributed by atoms with van der Waals surface area (Å²) in [5.74, 6) is -0.0399. The first-order valence-electron chi connectivity index (χ1n) is 5.89. The zero-order valence-corrected chi connectivity index (χ0v) is 10.9. The van der Waals surface area contributed by atoms with Crippen LogP contribution in [0.15, 0.2) is 18.2 Å². The number of nitro benzene ring substituents is 1. The summed E-state index contributed by atoms with van der Waals surface area (Å²) in [6.45, 7) is 3.28. The van der Waals surface area contributed by atoms with Gasteiger partial charge >= 0.3 is 6.18 Å². The monoisotopic (exact) mass is 292 g/mol. The molecule has 0 aromatic heterocycles. The Morgan fingerprint density at radius 2 is 2.00 bits per heavy atom. The molecular formula is C12H15F3N2O3. The molecule has 20 heavy (non-hydrogen) atoms. The number of hydrogen-bond acceptors (Lipinski definition) is 4. The highest BCUT2D eigenvalue weighted by Crippen LogP contribution is 2.35. The third-order valence-electron chi connectivity index (χ3n) is 2.86. The standard InChI is InChI=1S/C12H15F3N2O3/c1-7(2)10(6-18)16-9-4-3-8(12(13,14)15)5-11(9)17(19)20/h3-5,7,10,16,18H,6H2,1-2H3. The van der Waals surface area contributed by atoms with Gasteiger partial charge in [-0.3, -0.25) is 10.1 Å². The summed E-state index contributed by atoms with van der Waals surface area (Å²) in [5, 5.41) is 22.7. The summed E-state index contributed by atoms with van der Waals surface area (Å²) in [5.41, 5.74) is -1.80. The molecule has 112 valence electrons. The van der Waals surface area contributed by atoms with E-state index in [2.05, 4.69) is 5.32 Å². The van der Waals surface area contributed by atoms with Gasteiger partial charge in [-0.1, -0.05) is 13.8 Å². The molecule has 0 amide bonds. The van der Waals surface area contributed by atoms with Gasteiger partial charge in [0.25, 0.3) is 5.69 Å². The second kappa shape index (κ2) is 6.08. The maximum absolute atomic E-state index is 12.5. The fourth-order valence-corrected chi connectivity index (χ4v) is 1.60. The number of hydrogen-bond donors (Lipinski definition) is 2. The van der Waals surface area contributed by atoms with Crippen LogP contribution in [0.3, 0.4) is 0 Å². The zero-order chi connectivity index (χ0) is 15.5. The van der Waals surface area contributed by atoms with E-state index in [1.54, 1.807) is 13.8 Å². The van der Waals surface area contributed by atoms with Crippen LogP contribution in [0.5, 0.6) is 0 Å². The van der Waals surface area contributed by atoms with Crippen LogP contribution in [0.25, 0.3) is 0 Å². The van der Waals surface area contributed by atoms with Gasteiger partial charge in [-0.25, -0.2) is 0 Å². The number of alkyl halides is 3. The van der Waals surface area contributed by atoms with E-state index < -0.39 is 28.4 Å². The Morgan fingerprint density at radius 3 is 2.40 bits per heavy atom. The van der Waals surface area contributed by atoms with Crippen LogP contribution in [0.1, 0.15) is 19.4 Å². The maximum Gasteiger partial charge on any atom is 0.416 e. The van der Waals surface area contributed by atoms with Crippen LogP contribution >= 0.6 is 0 Å². The SMILES string of the molecule is CC(C)C(CO)Nc1ccc(C(F)(F)F)cc1[N+](=O)[O-]. The fraction of sp³-hybridized carbons (Fsp3) is 0.500. The Morgan fingerprint density at radius 1 is 1.40 bits per heavy atom. The van der Waals surface area contributed by atoms with Crippen LogP contribution in [0.2, 0.25) is 0 Å². The molecule has 0 saturated carbocycles. The van der Waals surface area contributed by atoms with Crippen molar-refractivity contribution in [2.24, 2.45) is 5.92 Å². The fourth-order valence-electron chi connectivity index (χ4n) is 1.60. The summed E-state index contributed by atoms with van der Waals surface area (Å²) in [6, 6.07) is 1.78. The topological polar surface area (TPSA) is 75.4 Å². The molecule has 1 aromatic carbocycles. The van der Waals surface area contributed by atoms with E-state index in [4.69, 9.17) is 5.11 Å². The largest absolute Gasteiger partial charge is 0.416 e. The number of anilines is 1. The molecule has 1 atom stereocenters. The molecule has 8 heteroatoms. The minimum atomic E-state index is -4.64. The summed E-state index contributed by atoms with van der Waals surface area (Å²) in [6.07, 6.45) is -4.64. The third kappa shape index (κ3) is 3.83. The van der Waals surface area contributed by atoms with Gasteiger partial charge in [0, 0.05) is 6.07 Å². The van der Waals surface area contributed by atoms with Gasteiger partial charge < -0.3 is 10.4 Å². The number of nitrogens with zero attached hydrogens (tertiary/aromatic N) is 1. The van der Waals surface area contributed by atoms with Crippen molar-refractivity contribution in [1.82, 2.24) is 0 Å². The highest BCUT2D eigenvalue weighted by Gasteiger charge is 2.33. The number of aliphatic hydroxyl groups excluding tert-OH is 1. The van der Waals surface area contributed by atoms with E-state index in [9.17, 15) is 23.3 Å². The molecular weight excluding hydrogens is 277 g/mol. The number of rotatable bonds is 5. The lowest BCUT2D eigenvalue weighted by atomic mass is 10.0. The number of aliphatic hydroxyl groups is 1. The minimum Gasteiger partial charge on any atom is -0.394 e. The van der Waals surface area contributed by atoms with E-state index in [1.807, 2.05) is 0 Å². The summed E-state index contributed by atoms with van der Waals surface area (Å²) in [4.78, 5) is 9.99. The second-order valence-electron chi connectivity index (χ2n) is 4.66. The van der Waals surface area contributed by atoms with Crippen molar-refractivity contribution in [2.75, 3.05) is 11.9 Å². The molecule has 0 heterocycles. The van der Waals surface area contributed by atoms with Crippen LogP contribution in [0.4, 0.5) is 24.5 Å². The Bertz CT molecular complexity index is 489. The van der Waals surface area contributed by atoms with E-state index in [-0.39, 0.29) is 18.2 Å². The lowest BCUT2D eigenvalue weighted by Crippen LogP contribution is -2.29. The Kier molecular flexibility index (Phi) is 4.93. The predicted molar refractivity (Wildman–Crippen MR) is 67.4 cm³/mol. The normalized spacial score (nSPS) is 13.3. The molecule has 0 aliphatic rings. The quantitative estimate of drug-likeness (QED) is 0.646. The van der Waals surface area contributed by atoms with E-state index >= 15 is 0 Å². The molecule has 1 aromatic rings. The molecule has 0 radical (unpaired) electrons. The molecule has 2 N–H and O–H groups in total. The molecule has 0 saturated heterocycles. The van der Waals surface area contributed by atoms with Crippen LogP contribution in [-0.2, 0) is 6.18 Å². The van der Waals surface area contributed by atoms with Gasteiger partial charge in [0.2, 0.25) is 0 Å². The minimum absolute atomic E-state index is 0.0399. The van der Waals surface area contributed by atoms with Gasteiger partial charge in [0.15, 0.2) is 0 Å². The van der Waals surface area contributed by atoms with Gasteiger partial charge in [-0.2, -0.15) is 13.2 Å². The van der Waals surface area contributed by atoms with Crippen LogP contribution < -0.4 is 5.32 Å². The molecule has 1 unspecified atom stereocenters. The van der Waals surface area contributed by atoms with Crippen molar-refractivity contribution in [3.63, 3.8) is 0 Å². The van der Waals surface area contributed by atoms with E-state index in [1.165, 1.54) is 0 Å². The number of nitrogens with one attached hydrogen (secondary N) is 1. The van der Waals surface area contributed by atoms with Gasteiger partial charge in [0.05, 0.1) is 23.1 Å². The molecule has 1 rings (SSSR count). The van der Waals surface area contributed by atoms with Crippen molar-refractivity contribution in [3.05, 3.63) is 33.9 Å². The second-order valence-corrected chi connectivity index (χ2v) is 4.66. The smallest absolute Gasteiger partial charge is 0.394 e. The lowest BCUT2D eigenvalue weighted by molar-refractivity contribution is -0.384.